The Morgan fingerprint density at radius 2 is 2.06 bits per heavy atom. The fourth-order valence-corrected chi connectivity index (χ4v) is 3.90. The summed E-state index contributed by atoms with van der Waals surface area (Å²) in [5.74, 6) is 0.710. The van der Waals surface area contributed by atoms with Gasteiger partial charge in [0.2, 0.25) is 0 Å². The second-order valence-electron chi connectivity index (χ2n) is 4.43. The summed E-state index contributed by atoms with van der Waals surface area (Å²) in [6.45, 7) is 0. The van der Waals surface area contributed by atoms with Crippen molar-refractivity contribution in [2.45, 2.75) is 36.3 Å². The molecular weight excluding hydrogens is 218 g/mol. The number of rotatable bonds is 4. The molecule has 0 amide bonds. The molecule has 3 unspecified atom stereocenters. The lowest BCUT2D eigenvalue weighted by atomic mass is 10.2. The van der Waals surface area contributed by atoms with Gasteiger partial charge in [-0.3, -0.25) is 4.21 Å². The largest absolute Gasteiger partial charge is 0.317 e. The van der Waals surface area contributed by atoms with Crippen LogP contribution in [0.3, 0.4) is 0 Å². The molecule has 1 fully saturated rings. The maximum atomic E-state index is 12.2. The Balaban J connectivity index is 1.90. The van der Waals surface area contributed by atoms with E-state index < -0.39 is 10.8 Å². The third-order valence-electron chi connectivity index (χ3n) is 3.32. The van der Waals surface area contributed by atoms with Crippen molar-refractivity contribution in [2.24, 2.45) is 0 Å². The van der Waals surface area contributed by atoms with E-state index in [0.29, 0.717) is 17.0 Å². The summed E-state index contributed by atoms with van der Waals surface area (Å²) in [5, 5.41) is 3.66. The molecule has 0 heterocycles. The van der Waals surface area contributed by atoms with Crippen LogP contribution in [-0.4, -0.2) is 22.5 Å². The van der Waals surface area contributed by atoms with E-state index in [-0.39, 0.29) is 0 Å². The highest BCUT2D eigenvalue weighted by Crippen LogP contribution is 2.25. The van der Waals surface area contributed by atoms with Crippen LogP contribution in [-0.2, 0) is 16.6 Å². The van der Waals surface area contributed by atoms with Gasteiger partial charge < -0.3 is 5.32 Å². The molecule has 1 aliphatic carbocycles. The molecule has 0 saturated heterocycles. The maximum Gasteiger partial charge on any atom is 0.0488 e. The van der Waals surface area contributed by atoms with Gasteiger partial charge in [-0.25, -0.2) is 0 Å². The molecule has 16 heavy (non-hydrogen) atoms. The Morgan fingerprint density at radius 1 is 1.31 bits per heavy atom. The van der Waals surface area contributed by atoms with E-state index in [1.807, 2.05) is 25.2 Å². The van der Waals surface area contributed by atoms with Crippen LogP contribution in [0.5, 0.6) is 0 Å². The van der Waals surface area contributed by atoms with Crippen LogP contribution in [0, 0.1) is 0 Å². The minimum atomic E-state index is -0.709. The molecule has 1 aromatic carbocycles. The molecule has 0 spiro atoms. The predicted molar refractivity (Wildman–Crippen MR) is 68.8 cm³/mol. The minimum absolute atomic E-state index is 0.387. The summed E-state index contributed by atoms with van der Waals surface area (Å²) in [5.41, 5.74) is 1.19. The van der Waals surface area contributed by atoms with E-state index in [4.69, 9.17) is 0 Å². The molecule has 2 nitrogen and oxygen atoms in total. The van der Waals surface area contributed by atoms with E-state index in [1.165, 1.54) is 12.0 Å². The SMILES string of the molecule is CNC1CCC(S(=O)Cc2ccccc2)C1. The van der Waals surface area contributed by atoms with Crippen LogP contribution >= 0.6 is 0 Å². The summed E-state index contributed by atoms with van der Waals surface area (Å²) in [6, 6.07) is 10.7. The molecule has 2 rings (SSSR count). The molecule has 0 radical (unpaired) electrons. The van der Waals surface area contributed by atoms with Gasteiger partial charge in [-0.1, -0.05) is 30.3 Å². The summed E-state index contributed by atoms with van der Waals surface area (Å²) >= 11 is 0. The summed E-state index contributed by atoms with van der Waals surface area (Å²) in [7, 11) is 1.28. The second-order valence-corrected chi connectivity index (χ2v) is 6.15. The lowest BCUT2D eigenvalue weighted by Gasteiger charge is -2.10. The Morgan fingerprint density at radius 3 is 2.69 bits per heavy atom. The van der Waals surface area contributed by atoms with Crippen molar-refractivity contribution in [2.75, 3.05) is 7.05 Å². The van der Waals surface area contributed by atoms with Crippen LogP contribution < -0.4 is 5.32 Å². The molecule has 0 bridgehead atoms. The lowest BCUT2D eigenvalue weighted by Crippen LogP contribution is -2.23. The molecule has 0 aromatic heterocycles. The fourth-order valence-electron chi connectivity index (χ4n) is 2.30. The van der Waals surface area contributed by atoms with Crippen molar-refractivity contribution in [3.8, 4) is 0 Å². The van der Waals surface area contributed by atoms with Crippen LogP contribution in [0.1, 0.15) is 24.8 Å². The zero-order valence-corrected chi connectivity index (χ0v) is 10.5. The number of benzene rings is 1. The normalized spacial score (nSPS) is 26.8. The Hall–Kier alpha value is -0.670. The Bertz CT molecular complexity index is 352. The molecule has 3 atom stereocenters. The van der Waals surface area contributed by atoms with Crippen LogP contribution in [0.2, 0.25) is 0 Å². The van der Waals surface area contributed by atoms with Gasteiger partial charge >= 0.3 is 0 Å². The zero-order chi connectivity index (χ0) is 11.4. The van der Waals surface area contributed by atoms with E-state index in [9.17, 15) is 4.21 Å². The topological polar surface area (TPSA) is 29.1 Å². The van der Waals surface area contributed by atoms with Crippen molar-refractivity contribution < 1.29 is 4.21 Å². The first kappa shape index (κ1) is 11.8. The highest BCUT2D eigenvalue weighted by Gasteiger charge is 2.27. The Labute approximate surface area is 99.9 Å². The first-order chi connectivity index (χ1) is 7.79. The highest BCUT2D eigenvalue weighted by molar-refractivity contribution is 7.84. The second kappa shape index (κ2) is 5.60. The van der Waals surface area contributed by atoms with Crippen molar-refractivity contribution in [1.82, 2.24) is 5.32 Å². The number of nitrogens with one attached hydrogen (secondary N) is 1. The molecule has 1 aromatic rings. The maximum absolute atomic E-state index is 12.2. The third kappa shape index (κ3) is 2.92. The average molecular weight is 237 g/mol. The first-order valence-electron chi connectivity index (χ1n) is 5.88. The van der Waals surface area contributed by atoms with Crippen molar-refractivity contribution in [3.63, 3.8) is 0 Å². The standard InChI is InChI=1S/C13H19NOS/c1-14-12-7-8-13(9-12)16(15)10-11-5-3-2-4-6-11/h2-6,12-14H,7-10H2,1H3. The smallest absolute Gasteiger partial charge is 0.0488 e. The molecule has 88 valence electrons. The van der Waals surface area contributed by atoms with Gasteiger partial charge in [0.15, 0.2) is 0 Å². The molecule has 3 heteroatoms. The van der Waals surface area contributed by atoms with E-state index >= 15 is 0 Å². The van der Waals surface area contributed by atoms with Gasteiger partial charge in [-0.2, -0.15) is 0 Å². The molecule has 0 aliphatic heterocycles. The first-order valence-corrected chi connectivity index (χ1v) is 7.26. The molecular formula is C13H19NOS. The summed E-state index contributed by atoms with van der Waals surface area (Å²) < 4.78 is 12.2. The fraction of sp³-hybridized carbons (Fsp3) is 0.538. The quantitative estimate of drug-likeness (QED) is 0.868. The number of hydrogen-bond donors (Lipinski definition) is 1. The summed E-state index contributed by atoms with van der Waals surface area (Å²) in [6.07, 6.45) is 3.34. The van der Waals surface area contributed by atoms with Gasteiger partial charge in [0, 0.05) is 27.8 Å². The average Bonchev–Trinajstić information content (AvgIpc) is 2.79. The number of hydrogen-bond acceptors (Lipinski definition) is 2. The van der Waals surface area contributed by atoms with Crippen molar-refractivity contribution in [1.29, 1.82) is 0 Å². The monoisotopic (exact) mass is 237 g/mol. The molecule has 1 saturated carbocycles. The Kier molecular flexibility index (Phi) is 4.13. The van der Waals surface area contributed by atoms with Gasteiger partial charge in [-0.05, 0) is 31.9 Å². The lowest BCUT2D eigenvalue weighted by molar-refractivity contribution is 0.581. The van der Waals surface area contributed by atoms with Crippen molar-refractivity contribution >= 4 is 10.8 Å². The van der Waals surface area contributed by atoms with Gasteiger partial charge in [0.1, 0.15) is 0 Å². The van der Waals surface area contributed by atoms with Gasteiger partial charge in [0.25, 0.3) is 0 Å². The third-order valence-corrected chi connectivity index (χ3v) is 5.11. The summed E-state index contributed by atoms with van der Waals surface area (Å²) in [4.78, 5) is 0. The van der Waals surface area contributed by atoms with Crippen LogP contribution in [0.25, 0.3) is 0 Å². The van der Waals surface area contributed by atoms with Gasteiger partial charge in [0.05, 0.1) is 0 Å². The van der Waals surface area contributed by atoms with Crippen LogP contribution in [0.4, 0.5) is 0 Å². The highest BCUT2D eigenvalue weighted by atomic mass is 32.2. The van der Waals surface area contributed by atoms with E-state index in [2.05, 4.69) is 17.4 Å². The van der Waals surface area contributed by atoms with E-state index in [1.54, 1.807) is 0 Å². The minimum Gasteiger partial charge on any atom is -0.317 e. The molecule has 1 aliphatic rings. The van der Waals surface area contributed by atoms with E-state index in [0.717, 1.165) is 12.8 Å². The molecule has 1 N–H and O–H groups in total. The zero-order valence-electron chi connectivity index (χ0n) is 9.69. The van der Waals surface area contributed by atoms with Crippen molar-refractivity contribution in [3.05, 3.63) is 35.9 Å². The predicted octanol–water partition coefficient (Wildman–Crippen LogP) is 2.08. The van der Waals surface area contributed by atoms with Crippen LogP contribution in [0.15, 0.2) is 30.3 Å². The van der Waals surface area contributed by atoms with Gasteiger partial charge in [-0.15, -0.1) is 0 Å².